The van der Waals surface area contributed by atoms with Crippen molar-refractivity contribution in [2.45, 2.75) is 18.9 Å². The molecule has 0 bridgehead atoms. The summed E-state index contributed by atoms with van der Waals surface area (Å²) in [5, 5.41) is 0.727. The molecule has 0 radical (unpaired) electrons. The molecular formula is C11H16ClN3. The predicted octanol–water partition coefficient (Wildman–Crippen LogP) is 1.85. The van der Waals surface area contributed by atoms with Gasteiger partial charge in [0.05, 0.1) is 10.7 Å². The molecule has 1 aromatic carbocycles. The van der Waals surface area contributed by atoms with Crippen molar-refractivity contribution in [3.63, 3.8) is 0 Å². The van der Waals surface area contributed by atoms with Crippen LogP contribution in [0.25, 0.3) is 0 Å². The normalized spacial score (nSPS) is 18.1. The highest BCUT2D eigenvalue weighted by atomic mass is 35.5. The van der Waals surface area contributed by atoms with Crippen molar-refractivity contribution in [2.75, 3.05) is 23.7 Å². The first-order valence-electron chi connectivity index (χ1n) is 5.22. The van der Waals surface area contributed by atoms with Crippen molar-refractivity contribution >= 4 is 23.0 Å². The van der Waals surface area contributed by atoms with E-state index >= 15 is 0 Å². The molecule has 1 heterocycles. The van der Waals surface area contributed by atoms with Crippen LogP contribution in [0.4, 0.5) is 11.4 Å². The maximum absolute atomic E-state index is 6.15. The van der Waals surface area contributed by atoms with Gasteiger partial charge in [-0.15, -0.1) is 0 Å². The predicted molar refractivity (Wildman–Crippen MR) is 65.3 cm³/mol. The van der Waals surface area contributed by atoms with Gasteiger partial charge in [0.2, 0.25) is 0 Å². The van der Waals surface area contributed by atoms with Gasteiger partial charge in [-0.1, -0.05) is 11.6 Å². The zero-order valence-corrected chi connectivity index (χ0v) is 9.37. The molecule has 0 spiro atoms. The van der Waals surface area contributed by atoms with Crippen LogP contribution in [0.15, 0.2) is 18.2 Å². The smallest absolute Gasteiger partial charge is 0.0660 e. The average molecular weight is 226 g/mol. The second-order valence-electron chi connectivity index (χ2n) is 4.04. The van der Waals surface area contributed by atoms with Crippen LogP contribution in [-0.2, 0) is 0 Å². The molecule has 4 N–H and O–H groups in total. The molecule has 0 amide bonds. The lowest BCUT2D eigenvalue weighted by Gasteiger charge is -2.32. The lowest BCUT2D eigenvalue weighted by Crippen LogP contribution is -2.39. The Morgan fingerprint density at radius 3 is 2.53 bits per heavy atom. The van der Waals surface area contributed by atoms with Crippen molar-refractivity contribution in [2.24, 2.45) is 5.73 Å². The largest absolute Gasteiger partial charge is 0.399 e. The van der Waals surface area contributed by atoms with Gasteiger partial charge >= 0.3 is 0 Å². The summed E-state index contributed by atoms with van der Waals surface area (Å²) in [6.07, 6.45) is 2.06. The molecule has 0 saturated carbocycles. The van der Waals surface area contributed by atoms with Gasteiger partial charge in [-0.05, 0) is 31.0 Å². The van der Waals surface area contributed by atoms with E-state index in [4.69, 9.17) is 23.1 Å². The van der Waals surface area contributed by atoms with Crippen LogP contribution in [-0.4, -0.2) is 19.1 Å². The summed E-state index contributed by atoms with van der Waals surface area (Å²) < 4.78 is 0. The Kier molecular flexibility index (Phi) is 3.03. The Bertz CT molecular complexity index is 346. The third kappa shape index (κ3) is 2.36. The zero-order chi connectivity index (χ0) is 10.8. The van der Waals surface area contributed by atoms with Crippen LogP contribution in [0, 0.1) is 0 Å². The van der Waals surface area contributed by atoms with Crippen LogP contribution >= 0.6 is 11.6 Å². The molecule has 1 aliphatic heterocycles. The maximum Gasteiger partial charge on any atom is 0.0660 e. The molecule has 2 rings (SSSR count). The number of hydrogen-bond donors (Lipinski definition) is 2. The minimum atomic E-state index is 0.341. The number of nitrogen functional groups attached to an aromatic ring is 1. The number of nitrogens with zero attached hydrogens (tertiary/aromatic N) is 1. The SMILES string of the molecule is Nc1ccc(N2CCC(N)CC2)c(Cl)c1. The number of rotatable bonds is 1. The topological polar surface area (TPSA) is 55.3 Å². The fraction of sp³-hybridized carbons (Fsp3) is 0.455. The average Bonchev–Trinajstić information content (AvgIpc) is 2.20. The van der Waals surface area contributed by atoms with Gasteiger partial charge in [0.1, 0.15) is 0 Å². The molecule has 3 nitrogen and oxygen atoms in total. The van der Waals surface area contributed by atoms with Gasteiger partial charge in [0, 0.05) is 24.8 Å². The van der Waals surface area contributed by atoms with E-state index in [2.05, 4.69) is 4.90 Å². The first kappa shape index (κ1) is 10.6. The third-order valence-electron chi connectivity index (χ3n) is 2.85. The molecule has 1 aliphatic rings. The second-order valence-corrected chi connectivity index (χ2v) is 4.44. The van der Waals surface area contributed by atoms with Crippen LogP contribution in [0.5, 0.6) is 0 Å². The molecule has 0 aromatic heterocycles. The monoisotopic (exact) mass is 225 g/mol. The Labute approximate surface area is 95.0 Å². The molecule has 15 heavy (non-hydrogen) atoms. The van der Waals surface area contributed by atoms with E-state index in [9.17, 15) is 0 Å². The quantitative estimate of drug-likeness (QED) is 0.718. The van der Waals surface area contributed by atoms with Gasteiger partial charge in [-0.3, -0.25) is 0 Å². The highest BCUT2D eigenvalue weighted by Crippen LogP contribution is 2.29. The van der Waals surface area contributed by atoms with Crippen molar-refractivity contribution < 1.29 is 0 Å². The minimum absolute atomic E-state index is 0.341. The lowest BCUT2D eigenvalue weighted by molar-refractivity contribution is 0.501. The van der Waals surface area contributed by atoms with E-state index in [-0.39, 0.29) is 0 Å². The summed E-state index contributed by atoms with van der Waals surface area (Å²) in [6, 6.07) is 6.00. The Morgan fingerprint density at radius 1 is 1.27 bits per heavy atom. The molecule has 0 aliphatic carbocycles. The first-order chi connectivity index (χ1) is 7.16. The van der Waals surface area contributed by atoms with Crippen molar-refractivity contribution in [1.29, 1.82) is 0 Å². The van der Waals surface area contributed by atoms with Gasteiger partial charge in [0.25, 0.3) is 0 Å². The lowest BCUT2D eigenvalue weighted by atomic mass is 10.1. The number of nitrogens with two attached hydrogens (primary N) is 2. The van der Waals surface area contributed by atoms with Crippen molar-refractivity contribution in [3.05, 3.63) is 23.2 Å². The van der Waals surface area contributed by atoms with E-state index in [1.807, 2.05) is 12.1 Å². The van der Waals surface area contributed by atoms with E-state index in [1.165, 1.54) is 0 Å². The number of anilines is 2. The fourth-order valence-electron chi connectivity index (χ4n) is 1.92. The summed E-state index contributed by atoms with van der Waals surface area (Å²) in [4.78, 5) is 2.27. The molecule has 0 atom stereocenters. The Hall–Kier alpha value is -0.930. The van der Waals surface area contributed by atoms with E-state index in [1.54, 1.807) is 6.07 Å². The summed E-state index contributed by atoms with van der Waals surface area (Å²) in [7, 11) is 0. The van der Waals surface area contributed by atoms with Gasteiger partial charge < -0.3 is 16.4 Å². The fourth-order valence-corrected chi connectivity index (χ4v) is 2.23. The Morgan fingerprint density at radius 2 is 1.93 bits per heavy atom. The summed E-state index contributed by atoms with van der Waals surface area (Å²) in [5.74, 6) is 0. The molecule has 0 unspecified atom stereocenters. The molecule has 82 valence electrons. The van der Waals surface area contributed by atoms with Crippen LogP contribution in [0.1, 0.15) is 12.8 Å². The van der Waals surface area contributed by atoms with E-state index in [0.717, 1.165) is 36.6 Å². The Balaban J connectivity index is 2.15. The van der Waals surface area contributed by atoms with Gasteiger partial charge in [0.15, 0.2) is 0 Å². The van der Waals surface area contributed by atoms with Crippen molar-refractivity contribution in [1.82, 2.24) is 0 Å². The summed E-state index contributed by atoms with van der Waals surface area (Å²) >= 11 is 6.15. The van der Waals surface area contributed by atoms with E-state index < -0.39 is 0 Å². The van der Waals surface area contributed by atoms with Crippen molar-refractivity contribution in [3.8, 4) is 0 Å². The first-order valence-corrected chi connectivity index (χ1v) is 5.60. The molecular weight excluding hydrogens is 210 g/mol. The number of halogens is 1. The number of benzene rings is 1. The highest BCUT2D eigenvalue weighted by molar-refractivity contribution is 6.33. The van der Waals surface area contributed by atoms with Gasteiger partial charge in [-0.25, -0.2) is 0 Å². The third-order valence-corrected chi connectivity index (χ3v) is 3.15. The molecule has 1 aromatic rings. The van der Waals surface area contributed by atoms with E-state index in [0.29, 0.717) is 11.7 Å². The van der Waals surface area contributed by atoms with Crippen LogP contribution in [0.3, 0.4) is 0 Å². The maximum atomic E-state index is 6.15. The molecule has 1 fully saturated rings. The van der Waals surface area contributed by atoms with Crippen LogP contribution < -0.4 is 16.4 Å². The summed E-state index contributed by atoms with van der Waals surface area (Å²) in [5.41, 5.74) is 13.3. The zero-order valence-electron chi connectivity index (χ0n) is 8.62. The minimum Gasteiger partial charge on any atom is -0.399 e. The summed E-state index contributed by atoms with van der Waals surface area (Å²) in [6.45, 7) is 1.95. The standard InChI is InChI=1S/C11H16ClN3/c12-10-7-9(14)1-2-11(10)15-5-3-8(13)4-6-15/h1-2,7-8H,3-6,13-14H2. The molecule has 4 heteroatoms. The molecule has 1 saturated heterocycles. The number of piperidine rings is 1. The second kappa shape index (κ2) is 4.29. The van der Waals surface area contributed by atoms with Gasteiger partial charge in [-0.2, -0.15) is 0 Å². The number of hydrogen-bond acceptors (Lipinski definition) is 3. The highest BCUT2D eigenvalue weighted by Gasteiger charge is 2.17. The van der Waals surface area contributed by atoms with Crippen LogP contribution in [0.2, 0.25) is 5.02 Å².